The molecule has 104 valence electrons. The highest BCUT2D eigenvalue weighted by Gasteiger charge is 2.24. The van der Waals surface area contributed by atoms with Crippen molar-refractivity contribution in [1.29, 1.82) is 0 Å². The van der Waals surface area contributed by atoms with E-state index in [-0.39, 0.29) is 18.5 Å². The van der Waals surface area contributed by atoms with Gasteiger partial charge >= 0.3 is 5.97 Å². The summed E-state index contributed by atoms with van der Waals surface area (Å²) in [5, 5.41) is 14.8. The van der Waals surface area contributed by atoms with E-state index in [1.807, 2.05) is 0 Å². The van der Waals surface area contributed by atoms with Crippen LogP contribution in [0.1, 0.15) is 34.7 Å². The molecule has 1 atom stereocenters. The molecule has 0 saturated heterocycles. The van der Waals surface area contributed by atoms with Crippen LogP contribution >= 0.6 is 0 Å². The normalized spacial score (nSPS) is 11.9. The molecular formula is C11H15N3O5. The smallest absolute Gasteiger partial charge is 0.326 e. The maximum atomic E-state index is 11.8. The second kappa shape index (κ2) is 5.98. The van der Waals surface area contributed by atoms with Crippen molar-refractivity contribution in [3.05, 3.63) is 17.0 Å². The number of aromatic nitrogens is 1. The van der Waals surface area contributed by atoms with Crippen LogP contribution in [0.3, 0.4) is 0 Å². The van der Waals surface area contributed by atoms with E-state index in [1.165, 1.54) is 0 Å². The largest absolute Gasteiger partial charge is 0.480 e. The second-order valence-corrected chi connectivity index (χ2v) is 4.08. The molecule has 8 nitrogen and oxygen atoms in total. The summed E-state index contributed by atoms with van der Waals surface area (Å²) >= 11 is 0. The van der Waals surface area contributed by atoms with Gasteiger partial charge in [-0.3, -0.25) is 9.59 Å². The zero-order valence-electron chi connectivity index (χ0n) is 10.6. The molecule has 0 saturated carbocycles. The molecule has 0 aliphatic heterocycles. The number of nitrogens with one attached hydrogen (secondary N) is 1. The summed E-state index contributed by atoms with van der Waals surface area (Å²) in [6.45, 7) is 3.28. The van der Waals surface area contributed by atoms with Crippen LogP contribution in [0.25, 0.3) is 0 Å². The Labute approximate surface area is 108 Å². The molecule has 1 heterocycles. The number of nitrogens with zero attached hydrogens (tertiary/aromatic N) is 1. The van der Waals surface area contributed by atoms with Gasteiger partial charge in [-0.15, -0.1) is 0 Å². The lowest BCUT2D eigenvalue weighted by Crippen LogP contribution is -2.41. The van der Waals surface area contributed by atoms with Gasteiger partial charge in [0, 0.05) is 12.0 Å². The lowest BCUT2D eigenvalue weighted by atomic mass is 10.1. The van der Waals surface area contributed by atoms with Crippen LogP contribution in [-0.2, 0) is 9.59 Å². The summed E-state index contributed by atoms with van der Waals surface area (Å²) in [5.74, 6) is -2.05. The van der Waals surface area contributed by atoms with E-state index in [9.17, 15) is 14.4 Å². The maximum Gasteiger partial charge on any atom is 0.326 e. The van der Waals surface area contributed by atoms with E-state index < -0.39 is 23.8 Å². The van der Waals surface area contributed by atoms with Gasteiger partial charge in [0.1, 0.15) is 11.8 Å². The van der Waals surface area contributed by atoms with E-state index in [0.717, 1.165) is 0 Å². The zero-order chi connectivity index (χ0) is 14.6. The van der Waals surface area contributed by atoms with Gasteiger partial charge in [-0.1, -0.05) is 5.16 Å². The number of aliphatic carboxylic acids is 1. The third kappa shape index (κ3) is 3.80. The Kier molecular flexibility index (Phi) is 4.62. The standard InChI is InChI=1S/C11H15N3O5/c1-5-6(2)19-14-9(5)10(16)13-7(11(17)18)3-4-8(12)15/h7H,3-4H2,1-2H3,(H2,12,15)(H,13,16)(H,17,18)/t7-/m0/s1. The summed E-state index contributed by atoms with van der Waals surface area (Å²) in [4.78, 5) is 33.4. The van der Waals surface area contributed by atoms with Crippen molar-refractivity contribution in [2.24, 2.45) is 5.73 Å². The van der Waals surface area contributed by atoms with Crippen LogP contribution in [0, 0.1) is 13.8 Å². The molecule has 1 rings (SSSR count). The first-order valence-corrected chi connectivity index (χ1v) is 5.57. The quantitative estimate of drug-likeness (QED) is 0.651. The Bertz CT molecular complexity index is 508. The average Bonchev–Trinajstić information content (AvgIpc) is 2.64. The molecule has 0 bridgehead atoms. The van der Waals surface area contributed by atoms with Crippen molar-refractivity contribution < 1.29 is 24.0 Å². The number of hydrogen-bond acceptors (Lipinski definition) is 5. The first-order chi connectivity index (χ1) is 8.82. The van der Waals surface area contributed by atoms with Crippen molar-refractivity contribution in [3.63, 3.8) is 0 Å². The summed E-state index contributed by atoms with van der Waals surface area (Å²) in [6, 6.07) is -1.20. The number of carboxylic acid groups (broad SMARTS) is 1. The van der Waals surface area contributed by atoms with Crippen LogP contribution in [0.5, 0.6) is 0 Å². The molecule has 19 heavy (non-hydrogen) atoms. The topological polar surface area (TPSA) is 136 Å². The Morgan fingerprint density at radius 2 is 2.05 bits per heavy atom. The molecule has 1 aromatic rings. The number of hydrogen-bond donors (Lipinski definition) is 3. The fourth-order valence-corrected chi connectivity index (χ4v) is 1.40. The van der Waals surface area contributed by atoms with Gasteiger partial charge in [0.15, 0.2) is 5.69 Å². The van der Waals surface area contributed by atoms with Gasteiger partial charge in [0.2, 0.25) is 5.91 Å². The maximum absolute atomic E-state index is 11.8. The number of primary amides is 1. The van der Waals surface area contributed by atoms with Crippen LogP contribution in [0.2, 0.25) is 0 Å². The fraction of sp³-hybridized carbons (Fsp3) is 0.455. The predicted molar refractivity (Wildman–Crippen MR) is 63.3 cm³/mol. The lowest BCUT2D eigenvalue weighted by Gasteiger charge is -2.12. The zero-order valence-corrected chi connectivity index (χ0v) is 10.6. The van der Waals surface area contributed by atoms with E-state index in [4.69, 9.17) is 15.4 Å². The van der Waals surface area contributed by atoms with Crippen molar-refractivity contribution in [3.8, 4) is 0 Å². The average molecular weight is 269 g/mol. The third-order valence-corrected chi connectivity index (χ3v) is 2.66. The molecule has 0 aliphatic rings. The first kappa shape index (κ1) is 14.7. The van der Waals surface area contributed by atoms with E-state index in [1.54, 1.807) is 13.8 Å². The molecule has 0 aliphatic carbocycles. The number of amides is 2. The number of rotatable bonds is 6. The highest BCUT2D eigenvalue weighted by molar-refractivity contribution is 5.96. The van der Waals surface area contributed by atoms with Gasteiger partial charge in [-0.05, 0) is 20.3 Å². The Morgan fingerprint density at radius 3 is 2.47 bits per heavy atom. The number of carboxylic acids is 1. The summed E-state index contributed by atoms with van der Waals surface area (Å²) < 4.78 is 4.82. The molecule has 8 heteroatoms. The highest BCUT2D eigenvalue weighted by atomic mass is 16.5. The fourth-order valence-electron chi connectivity index (χ4n) is 1.40. The van der Waals surface area contributed by atoms with Crippen molar-refractivity contribution in [2.45, 2.75) is 32.7 Å². The van der Waals surface area contributed by atoms with Gasteiger partial charge in [-0.25, -0.2) is 4.79 Å². The van der Waals surface area contributed by atoms with Gasteiger partial charge in [-0.2, -0.15) is 0 Å². The highest BCUT2D eigenvalue weighted by Crippen LogP contribution is 2.11. The Balaban J connectivity index is 2.74. The Morgan fingerprint density at radius 1 is 1.42 bits per heavy atom. The molecule has 0 spiro atoms. The van der Waals surface area contributed by atoms with E-state index >= 15 is 0 Å². The second-order valence-electron chi connectivity index (χ2n) is 4.08. The molecule has 1 aromatic heterocycles. The number of aryl methyl sites for hydroxylation is 1. The molecule has 2 amide bonds. The van der Waals surface area contributed by atoms with Gasteiger partial charge in [0.05, 0.1) is 0 Å². The molecule has 0 aromatic carbocycles. The van der Waals surface area contributed by atoms with Crippen molar-refractivity contribution in [1.82, 2.24) is 10.5 Å². The first-order valence-electron chi connectivity index (χ1n) is 5.57. The monoisotopic (exact) mass is 269 g/mol. The van der Waals surface area contributed by atoms with Crippen LogP contribution in [0.15, 0.2) is 4.52 Å². The molecule has 0 unspecified atom stereocenters. The molecular weight excluding hydrogens is 254 g/mol. The predicted octanol–water partition coefficient (Wildman–Crippen LogP) is -0.260. The van der Waals surface area contributed by atoms with E-state index in [2.05, 4.69) is 10.5 Å². The number of carbonyl (C=O) groups is 3. The minimum atomic E-state index is -1.24. The van der Waals surface area contributed by atoms with Gasteiger partial charge < -0.3 is 20.7 Å². The summed E-state index contributed by atoms with van der Waals surface area (Å²) in [6.07, 6.45) is -0.208. The summed E-state index contributed by atoms with van der Waals surface area (Å²) in [7, 11) is 0. The van der Waals surface area contributed by atoms with Gasteiger partial charge in [0.25, 0.3) is 5.91 Å². The minimum absolute atomic E-state index is 0.0304. The molecule has 0 fully saturated rings. The van der Waals surface area contributed by atoms with Crippen molar-refractivity contribution >= 4 is 17.8 Å². The summed E-state index contributed by atoms with van der Waals surface area (Å²) in [5.41, 5.74) is 5.51. The number of nitrogens with two attached hydrogens (primary N) is 1. The SMILES string of the molecule is Cc1onc(C(=O)N[C@@H](CCC(N)=O)C(=O)O)c1C. The van der Waals surface area contributed by atoms with Crippen LogP contribution in [-0.4, -0.2) is 34.1 Å². The van der Waals surface area contributed by atoms with Crippen molar-refractivity contribution in [2.75, 3.05) is 0 Å². The molecule has 0 radical (unpaired) electrons. The third-order valence-electron chi connectivity index (χ3n) is 2.66. The minimum Gasteiger partial charge on any atom is -0.480 e. The van der Waals surface area contributed by atoms with Crippen LogP contribution in [0.4, 0.5) is 0 Å². The molecule has 4 N–H and O–H groups in total. The number of carbonyl (C=O) groups excluding carboxylic acids is 2. The Hall–Kier alpha value is -2.38. The van der Waals surface area contributed by atoms with Crippen LogP contribution < -0.4 is 11.1 Å². The van der Waals surface area contributed by atoms with E-state index in [0.29, 0.717) is 11.3 Å². The lowest BCUT2D eigenvalue weighted by molar-refractivity contribution is -0.139.